The first-order chi connectivity index (χ1) is 22.8. The molecule has 7 atom stereocenters. The highest BCUT2D eigenvalue weighted by Crippen LogP contribution is 2.22. The maximum Gasteiger partial charge on any atom is 0.220 e. The van der Waals surface area contributed by atoms with Gasteiger partial charge >= 0.3 is 0 Å². The van der Waals surface area contributed by atoms with Gasteiger partial charge in [-0.15, -0.1) is 0 Å². The van der Waals surface area contributed by atoms with Gasteiger partial charge in [0.15, 0.2) is 6.29 Å². The lowest BCUT2D eigenvalue weighted by atomic mass is 9.99. The van der Waals surface area contributed by atoms with E-state index in [0.717, 1.165) is 83.5 Å². The first-order valence-corrected chi connectivity index (χ1v) is 18.0. The van der Waals surface area contributed by atoms with E-state index in [1.807, 2.05) is 6.08 Å². The standard InChI is InChI=1S/C38H65NO8/c1-3-5-7-9-11-13-15-16-17-18-20-22-24-26-28-34(42)39-31(30-46-38-37(45)36(44)35(43)33(29-40)47-38)32(41)27-25-23-21-19-14-12-10-8-6-4-2/h6,8-9,11,14-16,19,25,27,31-33,35-38,40-41,43-45H,3-5,7,10,12-13,17-18,20-24,26,28-30H2,1-2H3,(H,39,42)/b8-6+,11-9-,16-15-,19-14+,27-25+. The van der Waals surface area contributed by atoms with E-state index in [2.05, 4.69) is 67.8 Å². The van der Waals surface area contributed by atoms with E-state index >= 15 is 0 Å². The summed E-state index contributed by atoms with van der Waals surface area (Å²) in [5.74, 6) is -0.213. The molecule has 47 heavy (non-hydrogen) atoms. The van der Waals surface area contributed by atoms with Gasteiger partial charge in [0.1, 0.15) is 24.4 Å². The molecule has 1 rings (SSSR count). The normalized spacial score (nSPS) is 23.6. The van der Waals surface area contributed by atoms with Crippen LogP contribution >= 0.6 is 0 Å². The van der Waals surface area contributed by atoms with Crippen LogP contribution < -0.4 is 5.32 Å². The Bertz CT molecular complexity index is 915. The summed E-state index contributed by atoms with van der Waals surface area (Å²) in [6, 6.07) is -0.833. The molecule has 1 heterocycles. The number of carbonyl (C=O) groups is 1. The largest absolute Gasteiger partial charge is 0.394 e. The van der Waals surface area contributed by atoms with Crippen molar-refractivity contribution in [2.45, 2.75) is 159 Å². The van der Waals surface area contributed by atoms with Crippen molar-refractivity contribution in [1.29, 1.82) is 0 Å². The SMILES string of the molecule is CC/C=C/CC/C=C/CC/C=C/C(O)C(COC1OC(CO)C(O)C(O)C1O)NC(=O)CCCCCCC/C=C\C/C=C\CCCC. The smallest absolute Gasteiger partial charge is 0.220 e. The number of allylic oxidation sites excluding steroid dienone is 9. The van der Waals surface area contributed by atoms with Crippen LogP contribution in [0.1, 0.15) is 117 Å². The highest BCUT2D eigenvalue weighted by Gasteiger charge is 2.44. The Morgan fingerprint density at radius 3 is 2.00 bits per heavy atom. The van der Waals surface area contributed by atoms with Crippen LogP contribution in [-0.2, 0) is 14.3 Å². The maximum atomic E-state index is 12.8. The van der Waals surface area contributed by atoms with E-state index in [1.54, 1.807) is 6.08 Å². The number of rotatable bonds is 27. The summed E-state index contributed by atoms with van der Waals surface area (Å²) in [5, 5.41) is 53.7. The number of aliphatic hydroxyl groups is 5. The molecule has 1 aliphatic heterocycles. The first-order valence-electron chi connectivity index (χ1n) is 18.0. The van der Waals surface area contributed by atoms with Crippen LogP contribution in [0.4, 0.5) is 0 Å². The maximum absolute atomic E-state index is 12.8. The molecule has 0 bridgehead atoms. The average molecular weight is 664 g/mol. The average Bonchev–Trinajstić information content (AvgIpc) is 3.07. The van der Waals surface area contributed by atoms with Crippen LogP contribution in [0.5, 0.6) is 0 Å². The van der Waals surface area contributed by atoms with Gasteiger partial charge in [-0.05, 0) is 64.2 Å². The Morgan fingerprint density at radius 2 is 1.34 bits per heavy atom. The highest BCUT2D eigenvalue weighted by atomic mass is 16.7. The van der Waals surface area contributed by atoms with Gasteiger partial charge in [0.05, 0.1) is 25.4 Å². The third kappa shape index (κ3) is 20.8. The predicted octanol–water partition coefficient (Wildman–Crippen LogP) is 5.71. The number of aliphatic hydroxyl groups excluding tert-OH is 5. The summed E-state index contributed by atoms with van der Waals surface area (Å²) in [7, 11) is 0. The van der Waals surface area contributed by atoms with Gasteiger partial charge in [-0.1, -0.05) is 107 Å². The Morgan fingerprint density at radius 1 is 0.745 bits per heavy atom. The summed E-state index contributed by atoms with van der Waals surface area (Å²) in [6.07, 6.45) is 28.4. The number of hydrogen-bond acceptors (Lipinski definition) is 8. The molecule has 7 unspecified atom stereocenters. The molecule has 1 saturated heterocycles. The highest BCUT2D eigenvalue weighted by molar-refractivity contribution is 5.76. The quantitative estimate of drug-likeness (QED) is 0.0484. The summed E-state index contributed by atoms with van der Waals surface area (Å²) in [5.41, 5.74) is 0. The second-order valence-corrected chi connectivity index (χ2v) is 12.3. The Hall–Kier alpha value is -2.11. The first kappa shape index (κ1) is 42.9. The van der Waals surface area contributed by atoms with E-state index in [0.29, 0.717) is 6.42 Å². The van der Waals surface area contributed by atoms with E-state index in [4.69, 9.17) is 9.47 Å². The molecule has 0 saturated carbocycles. The fraction of sp³-hybridized carbons (Fsp3) is 0.711. The van der Waals surface area contributed by atoms with E-state index < -0.39 is 49.5 Å². The van der Waals surface area contributed by atoms with E-state index in [1.165, 1.54) is 12.8 Å². The van der Waals surface area contributed by atoms with Gasteiger partial charge in [-0.3, -0.25) is 4.79 Å². The van der Waals surface area contributed by atoms with Gasteiger partial charge in [0.2, 0.25) is 5.91 Å². The second kappa shape index (κ2) is 28.9. The van der Waals surface area contributed by atoms with Crippen molar-refractivity contribution < 1.29 is 39.8 Å². The van der Waals surface area contributed by atoms with Crippen molar-refractivity contribution in [3.8, 4) is 0 Å². The molecule has 0 aliphatic carbocycles. The van der Waals surface area contributed by atoms with Crippen molar-refractivity contribution in [1.82, 2.24) is 5.32 Å². The predicted molar refractivity (Wildman–Crippen MR) is 189 cm³/mol. The Kier molecular flexibility index (Phi) is 26.4. The molecule has 6 N–H and O–H groups in total. The lowest BCUT2D eigenvalue weighted by Crippen LogP contribution is -2.60. The molecule has 0 spiro atoms. The number of nitrogens with one attached hydrogen (secondary N) is 1. The van der Waals surface area contributed by atoms with Gasteiger partial charge < -0.3 is 40.3 Å². The summed E-state index contributed by atoms with van der Waals surface area (Å²) in [6.45, 7) is 3.53. The fourth-order valence-corrected chi connectivity index (χ4v) is 5.09. The molecular weight excluding hydrogens is 598 g/mol. The van der Waals surface area contributed by atoms with Crippen LogP contribution in [0.2, 0.25) is 0 Å². The van der Waals surface area contributed by atoms with Gasteiger partial charge in [-0.2, -0.15) is 0 Å². The lowest BCUT2D eigenvalue weighted by Gasteiger charge is -2.40. The number of amides is 1. The molecule has 1 aliphatic rings. The van der Waals surface area contributed by atoms with Gasteiger partial charge in [-0.25, -0.2) is 0 Å². The van der Waals surface area contributed by atoms with E-state index in [-0.39, 0.29) is 12.5 Å². The monoisotopic (exact) mass is 663 g/mol. The van der Waals surface area contributed by atoms with E-state index in [9.17, 15) is 30.3 Å². The molecule has 9 nitrogen and oxygen atoms in total. The lowest BCUT2D eigenvalue weighted by molar-refractivity contribution is -0.302. The Balaban J connectivity index is 2.52. The van der Waals surface area contributed by atoms with Gasteiger partial charge in [0.25, 0.3) is 0 Å². The van der Waals surface area contributed by atoms with Crippen LogP contribution in [0, 0.1) is 0 Å². The zero-order valence-electron chi connectivity index (χ0n) is 29.0. The van der Waals surface area contributed by atoms with Crippen LogP contribution in [0.15, 0.2) is 60.8 Å². The number of hydrogen-bond donors (Lipinski definition) is 6. The molecule has 0 aromatic carbocycles. The molecule has 1 fully saturated rings. The summed E-state index contributed by atoms with van der Waals surface area (Å²) >= 11 is 0. The number of carbonyl (C=O) groups excluding carboxylic acids is 1. The third-order valence-corrected chi connectivity index (χ3v) is 8.05. The zero-order chi connectivity index (χ0) is 34.5. The third-order valence-electron chi connectivity index (χ3n) is 8.05. The molecule has 0 aromatic rings. The van der Waals surface area contributed by atoms with Crippen LogP contribution in [0.25, 0.3) is 0 Å². The van der Waals surface area contributed by atoms with Crippen LogP contribution in [-0.4, -0.2) is 87.5 Å². The number of unbranched alkanes of at least 4 members (excludes halogenated alkanes) is 9. The molecule has 9 heteroatoms. The minimum atomic E-state index is -1.58. The molecule has 1 amide bonds. The second-order valence-electron chi connectivity index (χ2n) is 12.3. The topological polar surface area (TPSA) is 149 Å². The molecule has 270 valence electrons. The van der Waals surface area contributed by atoms with Crippen molar-refractivity contribution in [3.63, 3.8) is 0 Å². The van der Waals surface area contributed by atoms with Crippen molar-refractivity contribution in [2.75, 3.05) is 13.2 Å². The number of ether oxygens (including phenoxy) is 2. The van der Waals surface area contributed by atoms with Crippen LogP contribution in [0.3, 0.4) is 0 Å². The molecule has 0 aromatic heterocycles. The fourth-order valence-electron chi connectivity index (χ4n) is 5.09. The van der Waals surface area contributed by atoms with Gasteiger partial charge in [0, 0.05) is 6.42 Å². The molecular formula is C38H65NO8. The minimum absolute atomic E-state index is 0.213. The van der Waals surface area contributed by atoms with Crippen molar-refractivity contribution in [3.05, 3.63) is 60.8 Å². The minimum Gasteiger partial charge on any atom is -0.394 e. The zero-order valence-corrected chi connectivity index (χ0v) is 29.0. The summed E-state index contributed by atoms with van der Waals surface area (Å²) < 4.78 is 11.1. The summed E-state index contributed by atoms with van der Waals surface area (Å²) in [4.78, 5) is 12.8. The Labute approximate surface area is 284 Å². The van der Waals surface area contributed by atoms with Crippen molar-refractivity contribution >= 4 is 5.91 Å². The molecule has 0 radical (unpaired) electrons. The van der Waals surface area contributed by atoms with Crippen molar-refractivity contribution in [2.24, 2.45) is 0 Å².